The Morgan fingerprint density at radius 3 is 2.70 bits per heavy atom. The van der Waals surface area contributed by atoms with Crippen molar-refractivity contribution >= 4 is 68.3 Å². The smallest absolute Gasteiger partial charge is 0.311 e. The molecule has 1 heterocycles. The van der Waals surface area contributed by atoms with Gasteiger partial charge in [-0.15, -0.1) is 0 Å². The number of amides is 2. The van der Waals surface area contributed by atoms with Gasteiger partial charge in [0.2, 0.25) is 5.91 Å². The lowest BCUT2D eigenvalue weighted by molar-refractivity contribution is -0.151. The number of nitrogens with one attached hydrogen (secondary N) is 1. The Kier molecular flexibility index (Phi) is 7.06. The molecule has 1 atom stereocenters. The molecule has 9 heteroatoms. The third-order valence-electron chi connectivity index (χ3n) is 4.88. The van der Waals surface area contributed by atoms with Crippen molar-refractivity contribution in [3.05, 3.63) is 56.0 Å². The van der Waals surface area contributed by atoms with Gasteiger partial charge in [-0.1, -0.05) is 29.3 Å². The molecular formula is C21H19BrCl2N2O4. The van der Waals surface area contributed by atoms with Crippen molar-refractivity contribution in [1.29, 1.82) is 0 Å². The van der Waals surface area contributed by atoms with Gasteiger partial charge >= 0.3 is 5.97 Å². The Balaban J connectivity index is 1.58. The van der Waals surface area contributed by atoms with E-state index in [0.717, 1.165) is 15.6 Å². The number of rotatable bonds is 5. The Morgan fingerprint density at radius 2 is 1.97 bits per heavy atom. The summed E-state index contributed by atoms with van der Waals surface area (Å²) >= 11 is 15.5. The highest BCUT2D eigenvalue weighted by Crippen LogP contribution is 2.32. The molecule has 0 unspecified atom stereocenters. The highest BCUT2D eigenvalue weighted by atomic mass is 79.9. The molecule has 0 aromatic heterocycles. The molecule has 1 saturated heterocycles. The molecular weight excluding hydrogens is 495 g/mol. The van der Waals surface area contributed by atoms with Crippen molar-refractivity contribution in [2.75, 3.05) is 23.4 Å². The zero-order chi connectivity index (χ0) is 22.0. The Labute approximate surface area is 192 Å². The van der Waals surface area contributed by atoms with E-state index in [1.807, 2.05) is 13.8 Å². The van der Waals surface area contributed by atoms with E-state index in [-0.39, 0.29) is 18.9 Å². The zero-order valence-corrected chi connectivity index (χ0v) is 19.4. The molecule has 0 aliphatic carbocycles. The molecule has 0 spiro atoms. The van der Waals surface area contributed by atoms with Crippen molar-refractivity contribution < 1.29 is 19.1 Å². The fourth-order valence-electron chi connectivity index (χ4n) is 3.21. The number of nitrogens with zero attached hydrogens (tertiary/aromatic N) is 1. The third-order valence-corrected chi connectivity index (χ3v) is 6.48. The summed E-state index contributed by atoms with van der Waals surface area (Å²) in [4.78, 5) is 38.5. The minimum absolute atomic E-state index is 0.0217. The van der Waals surface area contributed by atoms with Gasteiger partial charge in [-0.3, -0.25) is 14.4 Å². The molecule has 0 saturated carbocycles. The Hall–Kier alpha value is -2.09. The highest BCUT2D eigenvalue weighted by molar-refractivity contribution is 9.10. The van der Waals surface area contributed by atoms with Crippen LogP contribution in [0, 0.1) is 19.8 Å². The van der Waals surface area contributed by atoms with Crippen molar-refractivity contribution in [2.24, 2.45) is 5.92 Å². The lowest BCUT2D eigenvalue weighted by Crippen LogP contribution is -2.28. The van der Waals surface area contributed by atoms with E-state index < -0.39 is 24.4 Å². The first kappa shape index (κ1) is 22.6. The lowest BCUT2D eigenvalue weighted by Gasteiger charge is -2.19. The number of anilines is 2. The first-order chi connectivity index (χ1) is 14.2. The van der Waals surface area contributed by atoms with E-state index in [2.05, 4.69) is 21.2 Å². The van der Waals surface area contributed by atoms with Gasteiger partial charge in [-0.2, -0.15) is 0 Å². The van der Waals surface area contributed by atoms with E-state index >= 15 is 0 Å². The second-order valence-electron chi connectivity index (χ2n) is 7.03. The molecule has 1 fully saturated rings. The molecule has 3 rings (SSSR count). The van der Waals surface area contributed by atoms with E-state index in [4.69, 9.17) is 27.9 Å². The van der Waals surface area contributed by atoms with Crippen LogP contribution in [-0.2, 0) is 19.1 Å². The van der Waals surface area contributed by atoms with Gasteiger partial charge in [0.1, 0.15) is 0 Å². The summed E-state index contributed by atoms with van der Waals surface area (Å²) in [6.07, 6.45) is 0.0217. The van der Waals surface area contributed by atoms with Crippen molar-refractivity contribution in [1.82, 2.24) is 0 Å². The van der Waals surface area contributed by atoms with Crippen LogP contribution < -0.4 is 10.2 Å². The fraction of sp³-hybridized carbons (Fsp3) is 0.286. The molecule has 2 aromatic rings. The molecule has 2 amide bonds. The number of ether oxygens (including phenoxy) is 1. The third kappa shape index (κ3) is 4.96. The second-order valence-corrected chi connectivity index (χ2v) is 8.70. The van der Waals surface area contributed by atoms with Crippen molar-refractivity contribution in [3.63, 3.8) is 0 Å². The van der Waals surface area contributed by atoms with Crippen LogP contribution in [0.25, 0.3) is 0 Å². The van der Waals surface area contributed by atoms with Gasteiger partial charge in [-0.25, -0.2) is 0 Å². The number of esters is 1. The quantitative estimate of drug-likeness (QED) is 0.576. The van der Waals surface area contributed by atoms with Crippen LogP contribution in [0.2, 0.25) is 10.0 Å². The van der Waals surface area contributed by atoms with Gasteiger partial charge in [0, 0.05) is 33.8 Å². The summed E-state index contributed by atoms with van der Waals surface area (Å²) in [5.74, 6) is -1.91. The number of benzene rings is 2. The molecule has 0 radical (unpaired) electrons. The fourth-order valence-corrected chi connectivity index (χ4v) is 4.00. The normalized spacial score (nSPS) is 16.0. The average Bonchev–Trinajstić information content (AvgIpc) is 3.08. The van der Waals surface area contributed by atoms with Gasteiger partial charge < -0.3 is 15.0 Å². The minimum Gasteiger partial charge on any atom is -0.455 e. The van der Waals surface area contributed by atoms with Crippen LogP contribution in [0.1, 0.15) is 17.5 Å². The standard InChI is InChI=1S/C21H19BrCl2N2O4/c1-11-6-14(22)16(24)8-17(11)25-19(27)10-30-21(29)13-7-20(28)26(9-13)18-5-3-4-15(23)12(18)2/h3-6,8,13H,7,9-10H2,1-2H3,(H,25,27)/t13-/m0/s1. The number of hydrogen-bond acceptors (Lipinski definition) is 4. The summed E-state index contributed by atoms with van der Waals surface area (Å²) in [6, 6.07) is 8.67. The molecule has 30 heavy (non-hydrogen) atoms. The predicted molar refractivity (Wildman–Crippen MR) is 120 cm³/mol. The summed E-state index contributed by atoms with van der Waals surface area (Å²) < 4.78 is 5.86. The molecule has 1 aliphatic heterocycles. The number of carbonyl (C=O) groups excluding carboxylic acids is 3. The largest absolute Gasteiger partial charge is 0.455 e. The number of aryl methyl sites for hydroxylation is 1. The maximum atomic E-state index is 12.4. The first-order valence-electron chi connectivity index (χ1n) is 9.15. The maximum absolute atomic E-state index is 12.4. The Bertz CT molecular complexity index is 1030. The summed E-state index contributed by atoms with van der Waals surface area (Å²) in [5, 5.41) is 3.67. The van der Waals surface area contributed by atoms with Crippen LogP contribution in [-0.4, -0.2) is 30.9 Å². The van der Waals surface area contributed by atoms with E-state index in [1.165, 1.54) is 4.90 Å². The first-order valence-corrected chi connectivity index (χ1v) is 10.7. The molecule has 158 valence electrons. The monoisotopic (exact) mass is 512 g/mol. The van der Waals surface area contributed by atoms with Crippen LogP contribution in [0.5, 0.6) is 0 Å². The lowest BCUT2D eigenvalue weighted by atomic mass is 10.1. The average molecular weight is 514 g/mol. The maximum Gasteiger partial charge on any atom is 0.311 e. The molecule has 2 aromatic carbocycles. The summed E-state index contributed by atoms with van der Waals surface area (Å²) in [5.41, 5.74) is 2.77. The molecule has 0 bridgehead atoms. The van der Waals surface area contributed by atoms with Gasteiger partial charge in [0.15, 0.2) is 6.61 Å². The van der Waals surface area contributed by atoms with E-state index in [0.29, 0.717) is 21.4 Å². The van der Waals surface area contributed by atoms with Gasteiger partial charge in [0.25, 0.3) is 5.91 Å². The SMILES string of the molecule is Cc1cc(Br)c(Cl)cc1NC(=O)COC(=O)[C@H]1CC(=O)N(c2cccc(Cl)c2C)C1. The van der Waals surface area contributed by atoms with E-state index in [9.17, 15) is 14.4 Å². The predicted octanol–water partition coefficient (Wildman–Crippen LogP) is 4.91. The van der Waals surface area contributed by atoms with Crippen LogP contribution in [0.3, 0.4) is 0 Å². The molecule has 6 nitrogen and oxygen atoms in total. The molecule has 1 aliphatic rings. The van der Waals surface area contributed by atoms with Crippen molar-refractivity contribution in [2.45, 2.75) is 20.3 Å². The number of hydrogen-bond donors (Lipinski definition) is 1. The topological polar surface area (TPSA) is 75.7 Å². The van der Waals surface area contributed by atoms with E-state index in [1.54, 1.807) is 30.3 Å². The summed E-state index contributed by atoms with van der Waals surface area (Å²) in [6.45, 7) is 3.37. The highest BCUT2D eigenvalue weighted by Gasteiger charge is 2.37. The molecule has 1 N–H and O–H groups in total. The van der Waals surface area contributed by atoms with Crippen LogP contribution in [0.4, 0.5) is 11.4 Å². The summed E-state index contributed by atoms with van der Waals surface area (Å²) in [7, 11) is 0. The van der Waals surface area contributed by atoms with Crippen LogP contribution >= 0.6 is 39.1 Å². The zero-order valence-electron chi connectivity index (χ0n) is 16.3. The van der Waals surface area contributed by atoms with Crippen molar-refractivity contribution in [3.8, 4) is 0 Å². The van der Waals surface area contributed by atoms with Gasteiger partial charge in [0.05, 0.1) is 10.9 Å². The Morgan fingerprint density at radius 1 is 1.23 bits per heavy atom. The number of carbonyl (C=O) groups is 3. The minimum atomic E-state index is -0.646. The number of halogens is 3. The van der Waals surface area contributed by atoms with Crippen LogP contribution in [0.15, 0.2) is 34.8 Å². The second kappa shape index (κ2) is 9.37. The van der Waals surface area contributed by atoms with Gasteiger partial charge in [-0.05, 0) is 65.2 Å².